The Kier molecular flexibility index (Phi) is 5.17. The van der Waals surface area contributed by atoms with Crippen molar-refractivity contribution in [2.45, 2.75) is 32.4 Å². The Morgan fingerprint density at radius 2 is 1.78 bits per heavy atom. The minimum absolute atomic E-state index is 0.154. The molecule has 1 N–H and O–H groups in total. The molecular weight excluding hydrogens is 224 g/mol. The zero-order valence-electron chi connectivity index (χ0n) is 12.4. The van der Waals surface area contributed by atoms with Crippen LogP contribution in [0.3, 0.4) is 0 Å². The first kappa shape index (κ1) is 15.0. The van der Waals surface area contributed by atoms with E-state index in [4.69, 9.17) is 4.74 Å². The van der Waals surface area contributed by atoms with Crippen molar-refractivity contribution in [2.75, 3.05) is 27.7 Å². The molecule has 0 aliphatic carbocycles. The first-order valence-corrected chi connectivity index (χ1v) is 6.41. The maximum absolute atomic E-state index is 5.17. The molecule has 0 saturated carbocycles. The lowest BCUT2D eigenvalue weighted by Gasteiger charge is -2.34. The lowest BCUT2D eigenvalue weighted by atomic mass is 10.0. The second kappa shape index (κ2) is 6.21. The molecule has 0 saturated heterocycles. The number of nitrogens with one attached hydrogen (secondary N) is 1. The van der Waals surface area contributed by atoms with Crippen molar-refractivity contribution in [1.82, 2.24) is 10.2 Å². The Balaban J connectivity index is 2.57. The van der Waals surface area contributed by atoms with E-state index in [9.17, 15) is 0 Å². The molecular formula is C15H26N2O. The third-order valence-electron chi connectivity index (χ3n) is 3.67. The largest absolute Gasteiger partial charge is 0.497 e. The Morgan fingerprint density at radius 1 is 1.22 bits per heavy atom. The lowest BCUT2D eigenvalue weighted by molar-refractivity contribution is 0.185. The predicted molar refractivity (Wildman–Crippen MR) is 77.2 cm³/mol. The molecule has 18 heavy (non-hydrogen) atoms. The van der Waals surface area contributed by atoms with Crippen LogP contribution in [0.1, 0.15) is 32.4 Å². The van der Waals surface area contributed by atoms with Gasteiger partial charge in [-0.25, -0.2) is 0 Å². The Bertz CT molecular complexity index is 357. The van der Waals surface area contributed by atoms with E-state index in [0.717, 1.165) is 12.3 Å². The number of methoxy groups -OCH3 is 1. The number of nitrogens with zero attached hydrogens (tertiary/aromatic N) is 1. The summed E-state index contributed by atoms with van der Waals surface area (Å²) in [5, 5.41) is 3.58. The topological polar surface area (TPSA) is 24.5 Å². The molecule has 0 aliphatic rings. The van der Waals surface area contributed by atoms with Crippen LogP contribution in [0, 0.1) is 0 Å². The highest BCUT2D eigenvalue weighted by Crippen LogP contribution is 2.18. The van der Waals surface area contributed by atoms with E-state index in [2.05, 4.69) is 57.2 Å². The maximum Gasteiger partial charge on any atom is 0.118 e. The number of benzene rings is 1. The van der Waals surface area contributed by atoms with Gasteiger partial charge in [-0.3, -0.25) is 0 Å². The van der Waals surface area contributed by atoms with Crippen molar-refractivity contribution < 1.29 is 4.74 Å². The number of likely N-dealkylation sites (N-methyl/N-ethyl adjacent to an activating group) is 1. The molecule has 1 aromatic carbocycles. The van der Waals surface area contributed by atoms with E-state index in [0.29, 0.717) is 6.04 Å². The molecule has 3 nitrogen and oxygen atoms in total. The highest BCUT2D eigenvalue weighted by molar-refractivity contribution is 5.28. The van der Waals surface area contributed by atoms with E-state index in [1.54, 1.807) is 7.11 Å². The molecule has 1 unspecified atom stereocenters. The molecule has 0 fully saturated rings. The predicted octanol–water partition coefficient (Wildman–Crippen LogP) is 2.69. The highest BCUT2D eigenvalue weighted by atomic mass is 16.5. The van der Waals surface area contributed by atoms with Gasteiger partial charge < -0.3 is 15.0 Å². The van der Waals surface area contributed by atoms with Gasteiger partial charge in [0.15, 0.2) is 0 Å². The van der Waals surface area contributed by atoms with Gasteiger partial charge in [0.05, 0.1) is 7.11 Å². The van der Waals surface area contributed by atoms with Gasteiger partial charge in [-0.1, -0.05) is 12.1 Å². The smallest absolute Gasteiger partial charge is 0.118 e. The molecule has 1 atom stereocenters. The summed E-state index contributed by atoms with van der Waals surface area (Å²) in [5.41, 5.74) is 1.44. The molecule has 0 heterocycles. The normalized spacial score (nSPS) is 13.7. The third kappa shape index (κ3) is 4.00. The molecule has 3 heteroatoms. The number of hydrogen-bond donors (Lipinski definition) is 1. The Hall–Kier alpha value is -1.06. The van der Waals surface area contributed by atoms with Crippen LogP contribution in [-0.4, -0.2) is 38.2 Å². The summed E-state index contributed by atoms with van der Waals surface area (Å²) >= 11 is 0. The van der Waals surface area contributed by atoms with Crippen LogP contribution in [0.15, 0.2) is 24.3 Å². The van der Waals surface area contributed by atoms with Crippen molar-refractivity contribution in [1.29, 1.82) is 0 Å². The van der Waals surface area contributed by atoms with Crippen LogP contribution in [0.25, 0.3) is 0 Å². The first-order valence-electron chi connectivity index (χ1n) is 6.41. The molecule has 0 radical (unpaired) electrons. The molecule has 102 valence electrons. The van der Waals surface area contributed by atoms with Crippen molar-refractivity contribution in [2.24, 2.45) is 0 Å². The minimum Gasteiger partial charge on any atom is -0.497 e. The summed E-state index contributed by atoms with van der Waals surface area (Å²) in [6, 6.07) is 8.57. The van der Waals surface area contributed by atoms with Crippen LogP contribution in [0.4, 0.5) is 0 Å². The average molecular weight is 250 g/mol. The van der Waals surface area contributed by atoms with E-state index >= 15 is 0 Å². The number of hydrogen-bond acceptors (Lipinski definition) is 3. The second-order valence-electron chi connectivity index (χ2n) is 5.58. The number of rotatable bonds is 6. The van der Waals surface area contributed by atoms with Gasteiger partial charge >= 0.3 is 0 Å². The average Bonchev–Trinajstić information content (AvgIpc) is 2.36. The molecule has 0 amide bonds. The Labute approximate surface area is 111 Å². The quantitative estimate of drug-likeness (QED) is 0.840. The molecule has 0 aliphatic heterocycles. The Morgan fingerprint density at radius 3 is 2.22 bits per heavy atom. The minimum atomic E-state index is 0.154. The van der Waals surface area contributed by atoms with E-state index in [1.807, 2.05) is 12.1 Å². The summed E-state index contributed by atoms with van der Waals surface area (Å²) in [6.45, 7) is 7.61. The monoisotopic (exact) mass is 250 g/mol. The molecule has 1 aromatic rings. The third-order valence-corrected chi connectivity index (χ3v) is 3.67. The standard InChI is InChI=1S/C15H26N2O/c1-12(16-11-15(2,3)17(4)5)13-7-9-14(18-6)10-8-13/h7-10,12,16H,11H2,1-6H3. The lowest BCUT2D eigenvalue weighted by Crippen LogP contribution is -2.47. The van der Waals surface area contributed by atoms with Gasteiger partial charge in [-0.05, 0) is 52.6 Å². The first-order chi connectivity index (χ1) is 8.36. The van der Waals surface area contributed by atoms with Crippen LogP contribution < -0.4 is 10.1 Å². The maximum atomic E-state index is 5.17. The van der Waals surface area contributed by atoms with Crippen molar-refractivity contribution in [3.63, 3.8) is 0 Å². The van der Waals surface area contributed by atoms with E-state index < -0.39 is 0 Å². The van der Waals surface area contributed by atoms with Gasteiger partial charge in [-0.15, -0.1) is 0 Å². The van der Waals surface area contributed by atoms with Crippen molar-refractivity contribution in [3.05, 3.63) is 29.8 Å². The number of ether oxygens (including phenoxy) is 1. The second-order valence-corrected chi connectivity index (χ2v) is 5.58. The van der Waals surface area contributed by atoms with Gasteiger partial charge in [0.25, 0.3) is 0 Å². The zero-order valence-corrected chi connectivity index (χ0v) is 12.4. The van der Waals surface area contributed by atoms with Crippen LogP contribution in [-0.2, 0) is 0 Å². The highest BCUT2D eigenvalue weighted by Gasteiger charge is 2.20. The summed E-state index contributed by atoms with van der Waals surface area (Å²) in [4.78, 5) is 2.24. The summed E-state index contributed by atoms with van der Waals surface area (Å²) in [6.07, 6.45) is 0. The zero-order chi connectivity index (χ0) is 13.8. The van der Waals surface area contributed by atoms with Gasteiger partial charge in [-0.2, -0.15) is 0 Å². The van der Waals surface area contributed by atoms with Crippen molar-refractivity contribution >= 4 is 0 Å². The van der Waals surface area contributed by atoms with Crippen LogP contribution >= 0.6 is 0 Å². The van der Waals surface area contributed by atoms with E-state index in [-0.39, 0.29) is 5.54 Å². The van der Waals surface area contributed by atoms with Crippen LogP contribution in [0.2, 0.25) is 0 Å². The molecule has 0 spiro atoms. The molecule has 0 bridgehead atoms. The van der Waals surface area contributed by atoms with Gasteiger partial charge in [0, 0.05) is 18.1 Å². The fourth-order valence-electron chi connectivity index (χ4n) is 1.57. The van der Waals surface area contributed by atoms with Gasteiger partial charge in [0.2, 0.25) is 0 Å². The van der Waals surface area contributed by atoms with Crippen molar-refractivity contribution in [3.8, 4) is 5.75 Å². The van der Waals surface area contributed by atoms with Crippen LogP contribution in [0.5, 0.6) is 5.75 Å². The van der Waals surface area contributed by atoms with E-state index in [1.165, 1.54) is 5.56 Å². The summed E-state index contributed by atoms with van der Waals surface area (Å²) in [7, 11) is 5.91. The van der Waals surface area contributed by atoms with Gasteiger partial charge in [0.1, 0.15) is 5.75 Å². The summed E-state index contributed by atoms with van der Waals surface area (Å²) < 4.78 is 5.17. The fraction of sp³-hybridized carbons (Fsp3) is 0.600. The summed E-state index contributed by atoms with van der Waals surface area (Å²) in [5.74, 6) is 0.902. The fourth-order valence-corrected chi connectivity index (χ4v) is 1.57. The molecule has 1 rings (SSSR count). The SMILES string of the molecule is COc1ccc(C(C)NCC(C)(C)N(C)C)cc1. The molecule has 0 aromatic heterocycles.